The second kappa shape index (κ2) is 8.34. The van der Waals surface area contributed by atoms with Gasteiger partial charge in [-0.1, -0.05) is 64.1 Å². The van der Waals surface area contributed by atoms with E-state index >= 15 is 0 Å². The van der Waals surface area contributed by atoms with Crippen LogP contribution in [0.2, 0.25) is 25.1 Å². The lowest BCUT2D eigenvalue weighted by Gasteiger charge is -2.04. The van der Waals surface area contributed by atoms with E-state index in [4.69, 9.17) is 58.0 Å². The summed E-state index contributed by atoms with van der Waals surface area (Å²) in [4.78, 5) is 4.48. The Morgan fingerprint density at radius 1 is 0.962 bits per heavy atom. The Morgan fingerprint density at radius 2 is 1.69 bits per heavy atom. The number of aromatic nitrogens is 1. The SMILES string of the molecule is C/C(=N\Nc1nc(-c2ccc(Cl)c(Cl)c2Cl)cs1)c1ccc(Cl)c(Cl)c1. The number of anilines is 1. The molecule has 26 heavy (non-hydrogen) atoms. The number of halogens is 5. The van der Waals surface area contributed by atoms with Crippen LogP contribution in [0.3, 0.4) is 0 Å². The van der Waals surface area contributed by atoms with Crippen LogP contribution < -0.4 is 5.43 Å². The summed E-state index contributed by atoms with van der Waals surface area (Å²) in [6.07, 6.45) is 0. The Balaban J connectivity index is 1.80. The molecule has 2 aromatic carbocycles. The highest BCUT2D eigenvalue weighted by Gasteiger charge is 2.13. The number of nitrogens with one attached hydrogen (secondary N) is 1. The van der Waals surface area contributed by atoms with E-state index in [2.05, 4.69) is 15.5 Å². The minimum absolute atomic E-state index is 0.307. The summed E-state index contributed by atoms with van der Waals surface area (Å²) in [6.45, 7) is 1.86. The maximum Gasteiger partial charge on any atom is 0.203 e. The quantitative estimate of drug-likeness (QED) is 0.241. The molecule has 0 bridgehead atoms. The Hall–Kier alpha value is -1.01. The van der Waals surface area contributed by atoms with Crippen LogP contribution in [0, 0.1) is 0 Å². The molecule has 0 aliphatic heterocycles. The molecule has 0 atom stereocenters. The summed E-state index contributed by atoms with van der Waals surface area (Å²) in [6, 6.07) is 8.79. The molecule has 3 nitrogen and oxygen atoms in total. The lowest BCUT2D eigenvalue weighted by atomic mass is 10.1. The van der Waals surface area contributed by atoms with Crippen molar-refractivity contribution in [1.82, 2.24) is 4.98 Å². The van der Waals surface area contributed by atoms with E-state index < -0.39 is 0 Å². The number of rotatable bonds is 4. The second-order valence-electron chi connectivity index (χ2n) is 5.20. The molecule has 0 fully saturated rings. The van der Waals surface area contributed by atoms with Crippen molar-refractivity contribution in [3.63, 3.8) is 0 Å². The van der Waals surface area contributed by atoms with Crippen LogP contribution in [0.5, 0.6) is 0 Å². The van der Waals surface area contributed by atoms with Crippen molar-refractivity contribution in [2.75, 3.05) is 5.43 Å². The summed E-state index contributed by atoms with van der Waals surface area (Å²) in [7, 11) is 0. The van der Waals surface area contributed by atoms with Gasteiger partial charge in [-0.15, -0.1) is 11.3 Å². The van der Waals surface area contributed by atoms with Crippen LogP contribution in [0.1, 0.15) is 12.5 Å². The van der Waals surface area contributed by atoms with Crippen molar-refractivity contribution in [1.29, 1.82) is 0 Å². The lowest BCUT2D eigenvalue weighted by molar-refractivity contribution is 1.27. The van der Waals surface area contributed by atoms with Gasteiger partial charge in [-0.05, 0) is 36.8 Å². The van der Waals surface area contributed by atoms with Crippen LogP contribution in [-0.4, -0.2) is 10.7 Å². The predicted molar refractivity (Wildman–Crippen MR) is 115 cm³/mol. The van der Waals surface area contributed by atoms with Gasteiger partial charge in [0.1, 0.15) is 0 Å². The summed E-state index contributed by atoms with van der Waals surface area (Å²) in [5.41, 5.74) is 5.92. The first-order chi connectivity index (χ1) is 12.4. The van der Waals surface area contributed by atoms with E-state index in [1.165, 1.54) is 11.3 Å². The van der Waals surface area contributed by atoms with Gasteiger partial charge in [0.2, 0.25) is 5.13 Å². The van der Waals surface area contributed by atoms with Crippen molar-refractivity contribution >= 4 is 80.2 Å². The fraction of sp³-hybridized carbons (Fsp3) is 0.0588. The third-order valence-corrected chi connectivity index (χ3v) is 6.25. The summed E-state index contributed by atoms with van der Waals surface area (Å²) < 4.78 is 0. The first-order valence-corrected chi connectivity index (χ1v) is 9.99. The van der Waals surface area contributed by atoms with Gasteiger partial charge in [0.15, 0.2) is 0 Å². The van der Waals surface area contributed by atoms with E-state index in [1.54, 1.807) is 24.3 Å². The zero-order valence-corrected chi connectivity index (χ0v) is 17.8. The monoisotopic (exact) mass is 463 g/mol. The highest BCUT2D eigenvalue weighted by atomic mass is 35.5. The number of hydrazone groups is 1. The largest absolute Gasteiger partial charge is 0.252 e. The fourth-order valence-electron chi connectivity index (χ4n) is 2.09. The fourth-order valence-corrected chi connectivity index (χ4v) is 3.67. The second-order valence-corrected chi connectivity index (χ2v) is 8.03. The van der Waals surface area contributed by atoms with Gasteiger partial charge in [-0.2, -0.15) is 5.10 Å². The number of benzene rings is 2. The summed E-state index contributed by atoms with van der Waals surface area (Å²) >= 11 is 31.7. The summed E-state index contributed by atoms with van der Waals surface area (Å²) in [5, 5.41) is 8.85. The third kappa shape index (κ3) is 4.28. The number of thiazole rings is 1. The highest BCUT2D eigenvalue weighted by Crippen LogP contribution is 2.38. The van der Waals surface area contributed by atoms with Gasteiger partial charge in [0.05, 0.1) is 36.5 Å². The molecule has 0 aliphatic rings. The van der Waals surface area contributed by atoms with Crippen LogP contribution >= 0.6 is 69.3 Å². The van der Waals surface area contributed by atoms with Gasteiger partial charge in [0, 0.05) is 10.9 Å². The van der Waals surface area contributed by atoms with Crippen LogP contribution in [-0.2, 0) is 0 Å². The van der Waals surface area contributed by atoms with E-state index in [9.17, 15) is 0 Å². The van der Waals surface area contributed by atoms with Crippen LogP contribution in [0.25, 0.3) is 11.3 Å². The zero-order chi connectivity index (χ0) is 18.8. The molecule has 0 saturated heterocycles. The molecule has 1 N–H and O–H groups in total. The minimum Gasteiger partial charge on any atom is -0.252 e. The molecule has 0 radical (unpaired) electrons. The molecular formula is C17H10Cl5N3S. The Labute approximate surface area is 179 Å². The van der Waals surface area contributed by atoms with Crippen molar-refractivity contribution in [3.05, 3.63) is 66.4 Å². The number of hydrogen-bond acceptors (Lipinski definition) is 4. The summed E-state index contributed by atoms with van der Waals surface area (Å²) in [5.74, 6) is 0. The average molecular weight is 466 g/mol. The first-order valence-electron chi connectivity index (χ1n) is 7.22. The highest BCUT2D eigenvalue weighted by molar-refractivity contribution is 7.14. The van der Waals surface area contributed by atoms with Crippen LogP contribution in [0.4, 0.5) is 5.13 Å². The molecule has 0 unspecified atom stereocenters. The Kier molecular flexibility index (Phi) is 6.33. The smallest absolute Gasteiger partial charge is 0.203 e. The number of nitrogens with zero attached hydrogens (tertiary/aromatic N) is 2. The van der Waals surface area contributed by atoms with Gasteiger partial charge in [-0.3, -0.25) is 5.43 Å². The Bertz CT molecular complexity index is 1000. The van der Waals surface area contributed by atoms with E-state index in [0.29, 0.717) is 41.5 Å². The number of hydrogen-bond donors (Lipinski definition) is 1. The lowest BCUT2D eigenvalue weighted by Crippen LogP contribution is -1.99. The molecule has 0 spiro atoms. The molecule has 1 aromatic heterocycles. The predicted octanol–water partition coefficient (Wildman–Crippen LogP) is 7.91. The average Bonchev–Trinajstić information content (AvgIpc) is 3.08. The molecule has 1 heterocycles. The normalized spacial score (nSPS) is 11.7. The molecule has 134 valence electrons. The van der Waals surface area contributed by atoms with Gasteiger partial charge >= 0.3 is 0 Å². The minimum atomic E-state index is 0.307. The molecule has 0 amide bonds. The maximum absolute atomic E-state index is 6.25. The van der Waals surface area contributed by atoms with E-state index in [-0.39, 0.29) is 0 Å². The van der Waals surface area contributed by atoms with E-state index in [0.717, 1.165) is 11.3 Å². The molecule has 9 heteroatoms. The first kappa shape index (κ1) is 19.7. The molecular weight excluding hydrogens is 456 g/mol. The third-order valence-electron chi connectivity index (χ3n) is 3.47. The topological polar surface area (TPSA) is 37.3 Å². The van der Waals surface area contributed by atoms with Crippen molar-refractivity contribution < 1.29 is 0 Å². The van der Waals surface area contributed by atoms with Crippen molar-refractivity contribution in [3.8, 4) is 11.3 Å². The van der Waals surface area contributed by atoms with E-state index in [1.807, 2.05) is 18.4 Å². The standard InChI is InChI=1S/C17H10Cl5N3S/c1-8(9-2-4-11(18)13(20)6-9)24-25-17-23-14(7-26-17)10-3-5-12(19)16(22)15(10)21/h2-7H,1H3,(H,23,25)/b24-8+. The maximum atomic E-state index is 6.25. The van der Waals surface area contributed by atoms with Gasteiger partial charge in [-0.25, -0.2) is 4.98 Å². The van der Waals surface area contributed by atoms with Crippen molar-refractivity contribution in [2.45, 2.75) is 6.92 Å². The van der Waals surface area contributed by atoms with Crippen molar-refractivity contribution in [2.24, 2.45) is 5.10 Å². The molecule has 0 aliphatic carbocycles. The van der Waals surface area contributed by atoms with Crippen LogP contribution in [0.15, 0.2) is 40.8 Å². The zero-order valence-electron chi connectivity index (χ0n) is 13.2. The molecule has 0 saturated carbocycles. The van der Waals surface area contributed by atoms with Gasteiger partial charge < -0.3 is 0 Å². The Morgan fingerprint density at radius 3 is 2.42 bits per heavy atom. The van der Waals surface area contributed by atoms with Gasteiger partial charge in [0.25, 0.3) is 0 Å². The molecule has 3 rings (SSSR count). The molecule has 3 aromatic rings.